The van der Waals surface area contributed by atoms with Crippen LogP contribution in [0, 0.1) is 0 Å². The highest BCUT2D eigenvalue weighted by molar-refractivity contribution is 7.91. The summed E-state index contributed by atoms with van der Waals surface area (Å²) in [6, 6.07) is 12.5. The molecule has 0 aliphatic carbocycles. The highest BCUT2D eigenvalue weighted by atomic mass is 35.5. The third-order valence-corrected chi connectivity index (χ3v) is 4.56. The summed E-state index contributed by atoms with van der Waals surface area (Å²) in [5.41, 5.74) is 1.59. The van der Waals surface area contributed by atoms with Crippen LogP contribution in [0.3, 0.4) is 0 Å². The van der Waals surface area contributed by atoms with Gasteiger partial charge in [-0.1, -0.05) is 24.3 Å². The van der Waals surface area contributed by atoms with Crippen molar-refractivity contribution in [2.45, 2.75) is 16.5 Å². The van der Waals surface area contributed by atoms with E-state index in [2.05, 4.69) is 5.32 Å². The van der Waals surface area contributed by atoms with Crippen LogP contribution in [0.25, 0.3) is 0 Å². The van der Waals surface area contributed by atoms with Crippen molar-refractivity contribution < 1.29 is 17.2 Å². The molecule has 0 aliphatic heterocycles. The van der Waals surface area contributed by atoms with E-state index < -0.39 is 20.5 Å². The van der Waals surface area contributed by atoms with Crippen LogP contribution in [-0.4, -0.2) is 14.2 Å². The van der Waals surface area contributed by atoms with E-state index in [1.807, 2.05) is 0 Å². The zero-order valence-corrected chi connectivity index (χ0v) is 12.3. The van der Waals surface area contributed by atoms with Crippen molar-refractivity contribution in [3.05, 3.63) is 54.1 Å². The van der Waals surface area contributed by atoms with Crippen LogP contribution in [0.1, 0.15) is 5.56 Å². The van der Waals surface area contributed by atoms with Crippen LogP contribution in [0.15, 0.2) is 53.4 Å². The summed E-state index contributed by atoms with van der Waals surface area (Å²) >= 11 is 5.68. The predicted molar refractivity (Wildman–Crippen MR) is 78.9 cm³/mol. The lowest BCUT2D eigenvalue weighted by Crippen LogP contribution is -2.13. The molecule has 1 N–H and O–H groups in total. The van der Waals surface area contributed by atoms with Crippen LogP contribution in [-0.2, 0) is 15.7 Å². The van der Waals surface area contributed by atoms with Crippen LogP contribution in [0.2, 0.25) is 0 Å². The molecular weight excluding hydrogens is 320 g/mol. The number of hydrogen-bond acceptors (Lipinski definition) is 3. The Morgan fingerprint density at radius 1 is 1.05 bits per heavy atom. The lowest BCUT2D eigenvalue weighted by atomic mass is 10.2. The maximum Gasteiger partial charge on any atom is 0.341 e. The van der Waals surface area contributed by atoms with Gasteiger partial charge in [-0.05, 0) is 29.8 Å². The number of halogens is 3. The summed E-state index contributed by atoms with van der Waals surface area (Å²) in [6.07, 6.45) is 0. The Bertz CT molecular complexity index is 718. The summed E-state index contributed by atoms with van der Waals surface area (Å²) < 4.78 is 48.6. The van der Waals surface area contributed by atoms with Crippen molar-refractivity contribution in [3.8, 4) is 0 Å². The molecule has 0 atom stereocenters. The molecule has 0 radical (unpaired) electrons. The second kappa shape index (κ2) is 6.41. The minimum atomic E-state index is -4.66. The predicted octanol–water partition coefficient (Wildman–Crippen LogP) is 4.17. The number of hydrogen-bond donors (Lipinski definition) is 1. The normalized spacial score (nSPS) is 11.6. The molecule has 0 saturated heterocycles. The van der Waals surface area contributed by atoms with Gasteiger partial charge in [-0.25, -0.2) is 8.42 Å². The van der Waals surface area contributed by atoms with Crippen molar-refractivity contribution in [3.63, 3.8) is 0 Å². The average Bonchev–Trinajstić information content (AvgIpc) is 2.48. The Morgan fingerprint density at radius 2 is 1.67 bits per heavy atom. The van der Waals surface area contributed by atoms with Gasteiger partial charge in [-0.15, -0.1) is 11.6 Å². The van der Waals surface area contributed by atoms with Crippen LogP contribution in [0.5, 0.6) is 0 Å². The molecule has 2 aromatic carbocycles. The van der Waals surface area contributed by atoms with Gasteiger partial charge in [0, 0.05) is 11.6 Å². The van der Waals surface area contributed by atoms with Crippen LogP contribution < -0.4 is 5.32 Å². The summed E-state index contributed by atoms with van der Waals surface area (Å²) in [5.74, 6) is -3.10. The molecular formula is C14H12ClF2NO2S. The molecule has 0 aromatic heterocycles. The Kier molecular flexibility index (Phi) is 4.80. The first-order chi connectivity index (χ1) is 9.95. The van der Waals surface area contributed by atoms with Gasteiger partial charge in [0.15, 0.2) is 0 Å². The van der Waals surface area contributed by atoms with E-state index in [0.717, 1.165) is 11.6 Å². The van der Waals surface area contributed by atoms with E-state index >= 15 is 0 Å². The topological polar surface area (TPSA) is 46.2 Å². The third-order valence-electron chi connectivity index (χ3n) is 2.82. The van der Waals surface area contributed by atoms with Gasteiger partial charge < -0.3 is 5.32 Å². The molecule has 0 aliphatic rings. The third kappa shape index (κ3) is 3.51. The van der Waals surface area contributed by atoms with Gasteiger partial charge in [-0.3, -0.25) is 0 Å². The average molecular weight is 332 g/mol. The van der Waals surface area contributed by atoms with E-state index in [0.29, 0.717) is 11.6 Å². The van der Waals surface area contributed by atoms with Crippen LogP contribution in [0.4, 0.5) is 20.2 Å². The number of alkyl halides is 3. The highest BCUT2D eigenvalue weighted by Crippen LogP contribution is 2.28. The Hall–Kier alpha value is -1.66. The molecule has 0 spiro atoms. The summed E-state index contributed by atoms with van der Waals surface area (Å²) in [6.45, 7) is 0. The van der Waals surface area contributed by atoms with Gasteiger partial charge in [0.2, 0.25) is 9.84 Å². The van der Waals surface area contributed by atoms with Gasteiger partial charge >= 0.3 is 5.76 Å². The van der Waals surface area contributed by atoms with E-state index in [-0.39, 0.29) is 5.69 Å². The molecule has 2 aromatic rings. The molecule has 0 heterocycles. The fraction of sp³-hybridized carbons (Fsp3) is 0.143. The second-order valence-electron chi connectivity index (χ2n) is 4.26. The number of nitrogens with one attached hydrogen (secondary N) is 1. The first-order valence-electron chi connectivity index (χ1n) is 5.98. The van der Waals surface area contributed by atoms with Crippen molar-refractivity contribution in [2.75, 3.05) is 5.32 Å². The minimum Gasteiger partial charge on any atom is -0.354 e. The largest absolute Gasteiger partial charge is 0.354 e. The van der Waals surface area contributed by atoms with Gasteiger partial charge in [-0.2, -0.15) is 8.78 Å². The molecule has 0 unspecified atom stereocenters. The highest BCUT2D eigenvalue weighted by Gasteiger charge is 2.28. The smallest absolute Gasteiger partial charge is 0.341 e. The van der Waals surface area contributed by atoms with Crippen molar-refractivity contribution >= 4 is 32.8 Å². The lowest BCUT2D eigenvalue weighted by molar-refractivity contribution is 0.235. The van der Waals surface area contributed by atoms with E-state index in [4.69, 9.17) is 11.6 Å². The lowest BCUT2D eigenvalue weighted by Gasteiger charge is -2.12. The molecule has 7 heteroatoms. The number of rotatable bonds is 5. The first-order valence-corrected chi connectivity index (χ1v) is 8.06. The minimum absolute atomic E-state index is 0.108. The first kappa shape index (κ1) is 15.7. The maximum atomic E-state index is 12.7. The zero-order valence-electron chi connectivity index (χ0n) is 10.8. The molecule has 3 nitrogen and oxygen atoms in total. The van der Waals surface area contributed by atoms with Crippen molar-refractivity contribution in [1.29, 1.82) is 0 Å². The number of benzene rings is 2. The zero-order chi connectivity index (χ0) is 15.5. The Balaban J connectivity index is 2.36. The second-order valence-corrected chi connectivity index (χ2v) is 6.41. The molecule has 0 bridgehead atoms. The summed E-state index contributed by atoms with van der Waals surface area (Å²) in [7, 11) is -4.66. The van der Waals surface area contributed by atoms with E-state index in [1.54, 1.807) is 30.3 Å². The molecule has 0 fully saturated rings. The van der Waals surface area contributed by atoms with E-state index in [1.165, 1.54) is 12.1 Å². The van der Waals surface area contributed by atoms with Crippen molar-refractivity contribution in [2.24, 2.45) is 0 Å². The number of sulfone groups is 1. The quantitative estimate of drug-likeness (QED) is 0.837. The van der Waals surface area contributed by atoms with Crippen LogP contribution >= 0.6 is 11.6 Å². The SMILES string of the molecule is O=S(=O)(c1ccccc1Nc1ccc(CCl)cc1)C(F)F. The van der Waals surface area contributed by atoms with Gasteiger partial charge in [0.05, 0.1) is 10.6 Å². The summed E-state index contributed by atoms with van der Waals surface area (Å²) in [5, 5.41) is 2.83. The van der Waals surface area contributed by atoms with E-state index in [9.17, 15) is 17.2 Å². The van der Waals surface area contributed by atoms with Gasteiger partial charge in [0.25, 0.3) is 0 Å². The van der Waals surface area contributed by atoms with Crippen molar-refractivity contribution in [1.82, 2.24) is 0 Å². The summed E-state index contributed by atoms with van der Waals surface area (Å²) in [4.78, 5) is -0.429. The number of para-hydroxylation sites is 1. The molecule has 0 saturated carbocycles. The monoisotopic (exact) mass is 331 g/mol. The molecule has 2 rings (SSSR count). The van der Waals surface area contributed by atoms with Gasteiger partial charge in [0.1, 0.15) is 0 Å². The Labute approximate surface area is 126 Å². The maximum absolute atomic E-state index is 12.7. The fourth-order valence-corrected chi connectivity index (χ4v) is 2.81. The number of anilines is 2. The standard InChI is InChI=1S/C14H12ClF2NO2S/c15-9-10-5-7-11(8-6-10)18-12-3-1-2-4-13(12)21(19,20)14(16)17/h1-8,14,18H,9H2. The fourth-order valence-electron chi connectivity index (χ4n) is 1.75. The molecule has 112 valence electrons. The molecule has 0 amide bonds. The Morgan fingerprint density at radius 3 is 2.24 bits per heavy atom. The molecule has 21 heavy (non-hydrogen) atoms.